The molecule has 2 nitrogen and oxygen atoms in total. The first-order chi connectivity index (χ1) is 8.76. The molecule has 4 atom stereocenters. The summed E-state index contributed by atoms with van der Waals surface area (Å²) in [5, 5.41) is 4.56. The number of thioether (sulfide) groups is 1. The average Bonchev–Trinajstić information content (AvgIpc) is 2.81. The van der Waals surface area contributed by atoms with Gasteiger partial charge in [0.25, 0.3) is 0 Å². The van der Waals surface area contributed by atoms with E-state index in [-0.39, 0.29) is 0 Å². The normalized spacial score (nSPS) is 38.2. The minimum atomic E-state index is 0.755. The standard InChI is InChI=1S/C15H30N2S/c1-4-16-13-9-10-17(11-12(13)3)14-7-6-8-15(14)18-5-2/h12-16H,4-11H2,1-3H3. The van der Waals surface area contributed by atoms with Crippen molar-refractivity contribution in [2.45, 2.75) is 63.8 Å². The minimum Gasteiger partial charge on any atom is -0.314 e. The van der Waals surface area contributed by atoms with Gasteiger partial charge in [-0.25, -0.2) is 0 Å². The van der Waals surface area contributed by atoms with E-state index in [1.165, 1.54) is 44.5 Å². The predicted molar refractivity (Wildman–Crippen MR) is 82.4 cm³/mol. The second-order valence-electron chi connectivity index (χ2n) is 5.92. The fraction of sp³-hybridized carbons (Fsp3) is 1.00. The van der Waals surface area contributed by atoms with E-state index >= 15 is 0 Å². The fourth-order valence-corrected chi connectivity index (χ4v) is 5.07. The molecule has 0 aromatic heterocycles. The van der Waals surface area contributed by atoms with Crippen LogP contribution in [-0.4, -0.2) is 47.6 Å². The lowest BCUT2D eigenvalue weighted by Gasteiger charge is -2.42. The summed E-state index contributed by atoms with van der Waals surface area (Å²) in [4.78, 5) is 2.80. The van der Waals surface area contributed by atoms with E-state index in [0.29, 0.717) is 0 Å². The fourth-order valence-electron chi connectivity index (χ4n) is 3.78. The largest absolute Gasteiger partial charge is 0.314 e. The van der Waals surface area contributed by atoms with Crippen LogP contribution in [0.25, 0.3) is 0 Å². The van der Waals surface area contributed by atoms with Crippen molar-refractivity contribution in [1.29, 1.82) is 0 Å². The zero-order valence-electron chi connectivity index (χ0n) is 12.3. The van der Waals surface area contributed by atoms with Gasteiger partial charge in [-0.2, -0.15) is 11.8 Å². The third-order valence-electron chi connectivity index (χ3n) is 4.67. The first-order valence-electron chi connectivity index (χ1n) is 7.85. The Kier molecular flexibility index (Phi) is 5.84. The molecular weight excluding hydrogens is 240 g/mol. The summed E-state index contributed by atoms with van der Waals surface area (Å²) in [7, 11) is 0. The molecule has 1 heterocycles. The predicted octanol–water partition coefficient (Wildman–Crippen LogP) is 2.98. The van der Waals surface area contributed by atoms with Crippen LogP contribution in [0.15, 0.2) is 0 Å². The smallest absolute Gasteiger partial charge is 0.0214 e. The van der Waals surface area contributed by atoms with E-state index in [1.54, 1.807) is 0 Å². The van der Waals surface area contributed by atoms with E-state index in [1.807, 2.05) is 0 Å². The second kappa shape index (κ2) is 7.16. The van der Waals surface area contributed by atoms with Crippen LogP contribution in [-0.2, 0) is 0 Å². The van der Waals surface area contributed by atoms with Gasteiger partial charge in [-0.1, -0.05) is 27.2 Å². The Balaban J connectivity index is 1.87. The molecule has 1 saturated heterocycles. The van der Waals surface area contributed by atoms with Crippen molar-refractivity contribution in [3.63, 3.8) is 0 Å². The van der Waals surface area contributed by atoms with Crippen LogP contribution in [0, 0.1) is 5.92 Å². The molecule has 0 bridgehead atoms. The van der Waals surface area contributed by atoms with Gasteiger partial charge in [0.2, 0.25) is 0 Å². The zero-order chi connectivity index (χ0) is 13.0. The summed E-state index contributed by atoms with van der Waals surface area (Å²) in [6.07, 6.45) is 5.68. The number of likely N-dealkylation sites (tertiary alicyclic amines) is 1. The average molecular weight is 270 g/mol. The number of rotatable bonds is 5. The van der Waals surface area contributed by atoms with Crippen LogP contribution >= 0.6 is 11.8 Å². The van der Waals surface area contributed by atoms with Gasteiger partial charge in [0.05, 0.1) is 0 Å². The van der Waals surface area contributed by atoms with Crippen molar-refractivity contribution in [3.8, 4) is 0 Å². The highest BCUT2D eigenvalue weighted by Crippen LogP contribution is 2.35. The van der Waals surface area contributed by atoms with Crippen LogP contribution < -0.4 is 5.32 Å². The molecule has 3 heteroatoms. The number of nitrogens with one attached hydrogen (secondary N) is 1. The number of piperidine rings is 1. The molecule has 106 valence electrons. The Morgan fingerprint density at radius 2 is 2.06 bits per heavy atom. The summed E-state index contributed by atoms with van der Waals surface area (Å²) in [6, 6.07) is 1.63. The van der Waals surface area contributed by atoms with E-state index in [9.17, 15) is 0 Å². The van der Waals surface area contributed by atoms with E-state index in [4.69, 9.17) is 0 Å². The minimum absolute atomic E-state index is 0.755. The molecule has 0 aromatic carbocycles. The van der Waals surface area contributed by atoms with Crippen LogP contribution in [0.3, 0.4) is 0 Å². The number of hydrogen-bond donors (Lipinski definition) is 1. The van der Waals surface area contributed by atoms with E-state index in [2.05, 4.69) is 42.7 Å². The Morgan fingerprint density at radius 3 is 2.72 bits per heavy atom. The van der Waals surface area contributed by atoms with Crippen molar-refractivity contribution in [2.75, 3.05) is 25.4 Å². The van der Waals surface area contributed by atoms with Gasteiger partial charge in [-0.15, -0.1) is 0 Å². The van der Waals surface area contributed by atoms with Gasteiger partial charge in [-0.05, 0) is 44.0 Å². The lowest BCUT2D eigenvalue weighted by Crippen LogP contribution is -2.52. The van der Waals surface area contributed by atoms with Gasteiger partial charge in [0.15, 0.2) is 0 Å². The lowest BCUT2D eigenvalue weighted by molar-refractivity contribution is 0.108. The second-order valence-corrected chi connectivity index (χ2v) is 7.43. The molecule has 0 aromatic rings. The molecule has 1 N–H and O–H groups in total. The Hall–Kier alpha value is 0.270. The molecule has 2 rings (SSSR count). The Bertz CT molecular complexity index is 247. The lowest BCUT2D eigenvalue weighted by atomic mass is 9.92. The summed E-state index contributed by atoms with van der Waals surface area (Å²) < 4.78 is 0. The molecular formula is C15H30N2S. The van der Waals surface area contributed by atoms with Crippen molar-refractivity contribution >= 4 is 11.8 Å². The first kappa shape index (κ1) is 14.7. The maximum atomic E-state index is 3.65. The molecule has 2 fully saturated rings. The molecule has 4 unspecified atom stereocenters. The van der Waals surface area contributed by atoms with Crippen LogP contribution in [0.2, 0.25) is 0 Å². The van der Waals surface area contributed by atoms with Crippen molar-refractivity contribution in [2.24, 2.45) is 5.92 Å². The van der Waals surface area contributed by atoms with Crippen LogP contribution in [0.1, 0.15) is 46.5 Å². The number of nitrogens with zero attached hydrogens (tertiary/aromatic N) is 1. The van der Waals surface area contributed by atoms with Gasteiger partial charge in [0.1, 0.15) is 0 Å². The van der Waals surface area contributed by atoms with Gasteiger partial charge in [-0.3, -0.25) is 4.90 Å². The molecule has 1 aliphatic carbocycles. The summed E-state index contributed by atoms with van der Waals surface area (Å²) in [5.74, 6) is 2.09. The third kappa shape index (κ3) is 3.43. The maximum Gasteiger partial charge on any atom is 0.0214 e. The molecule has 2 aliphatic rings. The van der Waals surface area contributed by atoms with Gasteiger partial charge >= 0.3 is 0 Å². The molecule has 0 radical (unpaired) electrons. The molecule has 1 aliphatic heterocycles. The highest BCUT2D eigenvalue weighted by molar-refractivity contribution is 7.99. The van der Waals surface area contributed by atoms with Crippen molar-refractivity contribution in [1.82, 2.24) is 10.2 Å². The first-order valence-corrected chi connectivity index (χ1v) is 8.90. The maximum absolute atomic E-state index is 3.65. The highest BCUT2D eigenvalue weighted by atomic mass is 32.2. The summed E-state index contributed by atoms with van der Waals surface area (Å²) >= 11 is 2.20. The zero-order valence-corrected chi connectivity index (χ0v) is 13.1. The van der Waals surface area contributed by atoms with E-state index < -0.39 is 0 Å². The SMILES string of the molecule is CCNC1CCN(C2CCCC2SCC)CC1C. The molecule has 1 saturated carbocycles. The topological polar surface area (TPSA) is 15.3 Å². The third-order valence-corrected chi connectivity index (χ3v) is 5.98. The Morgan fingerprint density at radius 1 is 1.22 bits per heavy atom. The summed E-state index contributed by atoms with van der Waals surface area (Å²) in [6.45, 7) is 10.7. The van der Waals surface area contributed by atoms with E-state index in [0.717, 1.165) is 29.8 Å². The van der Waals surface area contributed by atoms with Gasteiger partial charge < -0.3 is 5.32 Å². The van der Waals surface area contributed by atoms with Crippen molar-refractivity contribution in [3.05, 3.63) is 0 Å². The monoisotopic (exact) mass is 270 g/mol. The quantitative estimate of drug-likeness (QED) is 0.827. The Labute approximate surface area is 117 Å². The molecule has 0 spiro atoms. The van der Waals surface area contributed by atoms with Crippen molar-refractivity contribution < 1.29 is 0 Å². The molecule has 0 amide bonds. The van der Waals surface area contributed by atoms with Crippen LogP contribution in [0.4, 0.5) is 0 Å². The molecule has 18 heavy (non-hydrogen) atoms. The highest BCUT2D eigenvalue weighted by Gasteiger charge is 2.35. The van der Waals surface area contributed by atoms with Crippen LogP contribution in [0.5, 0.6) is 0 Å². The number of hydrogen-bond acceptors (Lipinski definition) is 3. The van der Waals surface area contributed by atoms with Gasteiger partial charge in [0, 0.05) is 23.9 Å². The summed E-state index contributed by atoms with van der Waals surface area (Å²) in [5.41, 5.74) is 0.